The van der Waals surface area contributed by atoms with Gasteiger partial charge in [-0.2, -0.15) is 8.42 Å². The van der Waals surface area contributed by atoms with Crippen molar-refractivity contribution < 1.29 is 17.3 Å². The summed E-state index contributed by atoms with van der Waals surface area (Å²) in [4.78, 5) is 0. The molecule has 1 atom stereocenters. The van der Waals surface area contributed by atoms with Gasteiger partial charge in [-0.15, -0.1) is 0 Å². The maximum absolute atomic E-state index is 10.7. The summed E-state index contributed by atoms with van der Waals surface area (Å²) in [6.45, 7) is 1.66. The van der Waals surface area contributed by atoms with Crippen LogP contribution in [-0.4, -0.2) is 27.1 Å². The number of hydrogen-bond donors (Lipinski definition) is 0. The molecule has 1 rings (SSSR count). The van der Waals surface area contributed by atoms with E-state index in [1.807, 2.05) is 0 Å². The third-order valence-electron chi connectivity index (χ3n) is 1.14. The van der Waals surface area contributed by atoms with Crippen molar-refractivity contribution >= 4 is 10.1 Å². The Morgan fingerprint density at radius 3 is 2.56 bits per heavy atom. The van der Waals surface area contributed by atoms with Gasteiger partial charge in [0.05, 0.1) is 6.61 Å². The summed E-state index contributed by atoms with van der Waals surface area (Å²) in [6, 6.07) is 0. The Bertz CT molecular complexity index is 183. The van der Waals surface area contributed by atoms with Gasteiger partial charge in [0.25, 0.3) is 10.1 Å². The molecule has 1 saturated heterocycles. The van der Waals surface area contributed by atoms with Crippen molar-refractivity contribution in [3.8, 4) is 0 Å². The van der Waals surface area contributed by atoms with E-state index in [1.165, 1.54) is 0 Å². The minimum atomic E-state index is -3.29. The van der Waals surface area contributed by atoms with Gasteiger partial charge in [-0.25, -0.2) is 4.18 Å². The Kier molecular flexibility index (Phi) is 1.74. The van der Waals surface area contributed by atoms with Crippen molar-refractivity contribution in [3.05, 3.63) is 0 Å². The van der Waals surface area contributed by atoms with Gasteiger partial charge in [-0.1, -0.05) is 0 Å². The first-order valence-electron chi connectivity index (χ1n) is 2.59. The van der Waals surface area contributed by atoms with Crippen molar-refractivity contribution in [2.45, 2.75) is 12.2 Å². The van der Waals surface area contributed by atoms with E-state index in [2.05, 4.69) is 4.18 Å². The molecule has 0 aromatic rings. The van der Waals surface area contributed by atoms with E-state index in [4.69, 9.17) is 4.74 Å². The molecule has 5 heteroatoms. The van der Waals surface area contributed by atoms with Crippen LogP contribution in [0.2, 0.25) is 0 Å². The first-order chi connectivity index (χ1) is 4.13. The maximum Gasteiger partial charge on any atom is 0.274 e. The molecule has 54 valence electrons. The summed E-state index contributed by atoms with van der Waals surface area (Å²) >= 11 is 0. The molecule has 1 unspecified atom stereocenters. The van der Waals surface area contributed by atoms with Crippen LogP contribution < -0.4 is 0 Å². The summed E-state index contributed by atoms with van der Waals surface area (Å²) in [6.07, 6.45) is 0. The fourth-order valence-electron chi connectivity index (χ4n) is 0.515. The molecule has 4 nitrogen and oxygen atoms in total. The molecule has 9 heavy (non-hydrogen) atoms. The maximum atomic E-state index is 10.7. The largest absolute Gasteiger partial charge is 0.353 e. The van der Waals surface area contributed by atoms with Gasteiger partial charge in [0, 0.05) is 0 Å². The summed E-state index contributed by atoms with van der Waals surface area (Å²) in [7, 11) is -3.29. The Hall–Kier alpha value is -0.130. The quantitative estimate of drug-likeness (QED) is 0.447. The third-order valence-corrected chi connectivity index (χ3v) is 2.69. The first kappa shape index (κ1) is 6.98. The molecule has 0 aromatic carbocycles. The molecule has 0 aromatic heterocycles. The minimum Gasteiger partial charge on any atom is -0.353 e. The van der Waals surface area contributed by atoms with Crippen LogP contribution in [0.15, 0.2) is 0 Å². The second-order valence-corrected chi connectivity index (χ2v) is 3.94. The number of ether oxygens (including phenoxy) is 1. The lowest BCUT2D eigenvalue weighted by atomic mass is 10.5. The molecule has 1 heterocycles. The van der Waals surface area contributed by atoms with Crippen LogP contribution in [0, 0.1) is 0 Å². The summed E-state index contributed by atoms with van der Waals surface area (Å²) < 4.78 is 30.4. The number of hydrogen-bond acceptors (Lipinski definition) is 4. The van der Waals surface area contributed by atoms with Crippen LogP contribution in [0.1, 0.15) is 6.92 Å². The van der Waals surface area contributed by atoms with Crippen molar-refractivity contribution in [3.63, 3.8) is 0 Å². The highest BCUT2D eigenvalue weighted by molar-refractivity contribution is 7.87. The van der Waals surface area contributed by atoms with Gasteiger partial charge >= 0.3 is 0 Å². The third kappa shape index (κ3) is 1.41. The molecule has 0 bridgehead atoms. The van der Waals surface area contributed by atoms with E-state index < -0.39 is 15.4 Å². The average Bonchev–Trinajstić information content (AvgIpc) is 1.77. The van der Waals surface area contributed by atoms with E-state index in [1.54, 1.807) is 6.92 Å². The predicted octanol–water partition coefficient (Wildman–Crippen LogP) is -0.291. The molecule has 0 spiro atoms. The van der Waals surface area contributed by atoms with Crippen LogP contribution in [0.5, 0.6) is 0 Å². The van der Waals surface area contributed by atoms with Crippen molar-refractivity contribution in [1.29, 1.82) is 0 Å². The van der Waals surface area contributed by atoms with Gasteiger partial charge in [-0.05, 0) is 6.92 Å². The summed E-state index contributed by atoms with van der Waals surface area (Å²) in [5.74, 6) is 0. The topological polar surface area (TPSA) is 52.6 Å². The molecular weight excluding hydrogens is 144 g/mol. The molecule has 0 saturated carbocycles. The number of rotatable bonds is 0. The molecule has 1 aliphatic rings. The van der Waals surface area contributed by atoms with E-state index in [0.717, 1.165) is 0 Å². The highest BCUT2D eigenvalue weighted by atomic mass is 32.2. The second kappa shape index (κ2) is 2.24. The molecule has 0 radical (unpaired) electrons. The minimum absolute atomic E-state index is 0.132. The second-order valence-electron chi connectivity index (χ2n) is 1.91. The lowest BCUT2D eigenvalue weighted by Crippen LogP contribution is -2.31. The Morgan fingerprint density at radius 2 is 2.22 bits per heavy atom. The van der Waals surface area contributed by atoms with Crippen molar-refractivity contribution in [2.75, 3.05) is 13.4 Å². The monoisotopic (exact) mass is 152 g/mol. The zero-order valence-corrected chi connectivity index (χ0v) is 5.85. The van der Waals surface area contributed by atoms with Gasteiger partial charge in [-0.3, -0.25) is 0 Å². The van der Waals surface area contributed by atoms with Crippen molar-refractivity contribution in [1.82, 2.24) is 0 Å². The standard InChI is InChI=1S/C4H8O4S/c1-4-2-7-3-8-9(4,5)6/h4H,2-3H2,1H3. The Balaban J connectivity index is 2.72. The van der Waals surface area contributed by atoms with Crippen molar-refractivity contribution in [2.24, 2.45) is 0 Å². The summed E-state index contributed by atoms with van der Waals surface area (Å²) in [5.41, 5.74) is 0. The molecule has 0 aliphatic carbocycles. The predicted molar refractivity (Wildman–Crippen MR) is 30.3 cm³/mol. The molecular formula is C4H8O4S. The Morgan fingerprint density at radius 1 is 1.56 bits per heavy atom. The fraction of sp³-hybridized carbons (Fsp3) is 1.00. The summed E-state index contributed by atoms with van der Waals surface area (Å²) in [5, 5.41) is -0.522. The van der Waals surface area contributed by atoms with E-state index >= 15 is 0 Å². The van der Waals surface area contributed by atoms with Crippen LogP contribution in [0.25, 0.3) is 0 Å². The Labute approximate surface area is 53.9 Å². The zero-order chi connectivity index (χ0) is 6.91. The van der Waals surface area contributed by atoms with Gasteiger partial charge in [0.15, 0.2) is 6.79 Å². The zero-order valence-electron chi connectivity index (χ0n) is 5.03. The highest BCUT2D eigenvalue weighted by Gasteiger charge is 2.25. The van der Waals surface area contributed by atoms with E-state index in [-0.39, 0.29) is 13.4 Å². The molecule has 0 N–H and O–H groups in total. The molecule has 1 fully saturated rings. The SMILES string of the molecule is CC1COCOS1(=O)=O. The average molecular weight is 152 g/mol. The van der Waals surface area contributed by atoms with E-state index in [0.29, 0.717) is 0 Å². The van der Waals surface area contributed by atoms with Gasteiger partial charge < -0.3 is 4.74 Å². The lowest BCUT2D eigenvalue weighted by Gasteiger charge is -2.17. The lowest BCUT2D eigenvalue weighted by molar-refractivity contribution is -0.000860. The highest BCUT2D eigenvalue weighted by Crippen LogP contribution is 2.09. The smallest absolute Gasteiger partial charge is 0.274 e. The van der Waals surface area contributed by atoms with E-state index in [9.17, 15) is 8.42 Å². The normalized spacial score (nSPS) is 34.1. The van der Waals surface area contributed by atoms with Crippen LogP contribution in [0.4, 0.5) is 0 Å². The first-order valence-corrected chi connectivity index (χ1v) is 4.06. The molecule has 1 aliphatic heterocycles. The van der Waals surface area contributed by atoms with Crippen LogP contribution >= 0.6 is 0 Å². The van der Waals surface area contributed by atoms with Crippen LogP contribution in [0.3, 0.4) is 0 Å². The fourth-order valence-corrected chi connectivity index (χ4v) is 1.21. The van der Waals surface area contributed by atoms with Crippen LogP contribution in [-0.2, 0) is 19.0 Å². The van der Waals surface area contributed by atoms with Gasteiger partial charge in [0.2, 0.25) is 0 Å². The molecule has 0 amide bonds. The van der Waals surface area contributed by atoms with Gasteiger partial charge in [0.1, 0.15) is 5.25 Å².